The second kappa shape index (κ2) is 5.27. The normalized spacial score (nSPS) is 12.5. The van der Waals surface area contributed by atoms with Gasteiger partial charge >= 0.3 is 131 Å². The second-order valence-corrected chi connectivity index (χ2v) is 21.4. The van der Waals surface area contributed by atoms with Crippen LogP contribution in [0.2, 0.25) is 14.8 Å². The predicted octanol–water partition coefficient (Wildman–Crippen LogP) is 5.06. The van der Waals surface area contributed by atoms with Gasteiger partial charge in [-0.1, -0.05) is 0 Å². The molecule has 0 saturated heterocycles. The van der Waals surface area contributed by atoms with Crippen molar-refractivity contribution in [1.29, 1.82) is 0 Å². The zero-order valence-electron chi connectivity index (χ0n) is 13.6. The number of hydrogen-bond donors (Lipinski definition) is 0. The molecule has 0 amide bonds. The molecule has 0 N–H and O–H groups in total. The molecule has 0 saturated carbocycles. The summed E-state index contributed by atoms with van der Waals surface area (Å²) in [5.41, 5.74) is 3.74. The van der Waals surface area contributed by atoms with Crippen LogP contribution in [0.5, 0.6) is 0 Å². The van der Waals surface area contributed by atoms with Crippen molar-refractivity contribution in [3.63, 3.8) is 0 Å². The molecule has 0 radical (unpaired) electrons. The van der Waals surface area contributed by atoms with E-state index >= 15 is 0 Å². The van der Waals surface area contributed by atoms with Gasteiger partial charge in [-0.25, -0.2) is 0 Å². The molecule has 0 fully saturated rings. The molecule has 3 rings (SSSR count). The van der Waals surface area contributed by atoms with Crippen molar-refractivity contribution in [1.82, 2.24) is 4.98 Å². The zero-order valence-corrected chi connectivity index (χ0v) is 16.4. The van der Waals surface area contributed by atoms with Gasteiger partial charge in [-0.05, 0) is 0 Å². The van der Waals surface area contributed by atoms with E-state index in [1.807, 2.05) is 0 Å². The fourth-order valence-electron chi connectivity index (χ4n) is 3.21. The van der Waals surface area contributed by atoms with Gasteiger partial charge in [0.1, 0.15) is 0 Å². The molecule has 1 aromatic heterocycles. The van der Waals surface area contributed by atoms with E-state index in [0.29, 0.717) is 5.92 Å². The van der Waals surface area contributed by atoms with Crippen LogP contribution >= 0.6 is 0 Å². The molecule has 0 aliphatic rings. The van der Waals surface area contributed by atoms with Crippen molar-refractivity contribution in [3.05, 3.63) is 48.0 Å². The summed E-state index contributed by atoms with van der Waals surface area (Å²) in [4.78, 5) is 12.5. The number of para-hydroxylation sites is 2. The average molecular weight is 384 g/mol. The van der Waals surface area contributed by atoms with E-state index in [0.717, 1.165) is 5.52 Å². The van der Waals surface area contributed by atoms with Crippen molar-refractivity contribution in [2.75, 3.05) is 0 Å². The van der Waals surface area contributed by atoms with E-state index < -0.39 is 18.4 Å². The molecule has 0 bridgehead atoms. The van der Waals surface area contributed by atoms with Crippen LogP contribution in [0.15, 0.2) is 42.5 Å². The Hall–Kier alpha value is -1.09. The molecule has 0 aliphatic heterocycles. The van der Waals surface area contributed by atoms with E-state index in [9.17, 15) is 0 Å². The monoisotopic (exact) mass is 385 g/mol. The molecule has 21 heavy (non-hydrogen) atoms. The van der Waals surface area contributed by atoms with Crippen LogP contribution in [-0.2, 0) is 0 Å². The number of nitrogens with zero attached hydrogens (tertiary/aromatic N) is 1. The quantitative estimate of drug-likeness (QED) is 0.445. The van der Waals surface area contributed by atoms with Gasteiger partial charge in [-0.2, -0.15) is 0 Å². The van der Waals surface area contributed by atoms with Crippen molar-refractivity contribution in [2.45, 2.75) is 34.6 Å². The summed E-state index contributed by atoms with van der Waals surface area (Å²) in [6.07, 6.45) is 0. The van der Waals surface area contributed by atoms with Crippen LogP contribution in [0.3, 0.4) is 0 Å². The number of rotatable bonds is 2. The third-order valence-corrected chi connectivity index (χ3v) is 9.93. The third kappa shape index (κ3) is 2.57. The van der Waals surface area contributed by atoms with Crippen LogP contribution < -0.4 is 3.58 Å². The number of fused-ring (bicyclic) bond motifs is 2. The maximum atomic E-state index is 5.01. The summed E-state index contributed by atoms with van der Waals surface area (Å²) >= 11 is -2.26. The summed E-state index contributed by atoms with van der Waals surface area (Å²) in [5.74, 6) is 0.505. The molecule has 108 valence electrons. The average Bonchev–Trinajstić information content (AvgIpc) is 2.42. The van der Waals surface area contributed by atoms with Gasteiger partial charge in [0.15, 0.2) is 0 Å². The molecule has 0 atom stereocenters. The van der Waals surface area contributed by atoms with E-state index in [1.54, 1.807) is 3.58 Å². The first-order valence-corrected chi connectivity index (χ1v) is 17.7. The Morgan fingerprint density at radius 1 is 0.857 bits per heavy atom. The molecule has 1 heterocycles. The molecule has 3 aromatic rings. The van der Waals surface area contributed by atoms with Crippen LogP contribution in [0, 0.1) is 0 Å². The Morgan fingerprint density at radius 2 is 1.52 bits per heavy atom. The first-order chi connectivity index (χ1) is 9.89. The summed E-state index contributed by atoms with van der Waals surface area (Å²) in [6, 6.07) is 15.4. The Morgan fingerprint density at radius 3 is 2.19 bits per heavy atom. The maximum absolute atomic E-state index is 5.01. The fraction of sp³-hybridized carbons (Fsp3) is 0.316. The zero-order chi connectivity index (χ0) is 15.2. The minimum atomic E-state index is -2.26. The molecule has 0 spiro atoms. The van der Waals surface area contributed by atoms with Crippen LogP contribution in [0.25, 0.3) is 21.8 Å². The topological polar surface area (TPSA) is 12.9 Å². The molecule has 2 heteroatoms. The van der Waals surface area contributed by atoms with E-state index in [4.69, 9.17) is 4.98 Å². The first kappa shape index (κ1) is 14.8. The van der Waals surface area contributed by atoms with Gasteiger partial charge in [0.2, 0.25) is 0 Å². The van der Waals surface area contributed by atoms with Crippen molar-refractivity contribution >= 4 is 43.8 Å². The summed E-state index contributed by atoms with van der Waals surface area (Å²) in [7, 11) is 0. The molecule has 0 aliphatic carbocycles. The number of aromatic nitrogens is 1. The Balaban J connectivity index is 2.56. The summed E-state index contributed by atoms with van der Waals surface area (Å²) in [5, 5.41) is 2.76. The van der Waals surface area contributed by atoms with Gasteiger partial charge in [0.25, 0.3) is 0 Å². The van der Waals surface area contributed by atoms with Crippen molar-refractivity contribution in [2.24, 2.45) is 0 Å². The van der Waals surface area contributed by atoms with Crippen LogP contribution in [0.1, 0.15) is 25.3 Å². The van der Waals surface area contributed by atoms with Crippen molar-refractivity contribution in [3.8, 4) is 0 Å². The van der Waals surface area contributed by atoms with Gasteiger partial charge in [-0.15, -0.1) is 0 Å². The first-order valence-electron chi connectivity index (χ1n) is 7.71. The minimum absolute atomic E-state index is 0.505. The Kier molecular flexibility index (Phi) is 3.72. The molecule has 0 unspecified atom stereocenters. The number of benzene rings is 2. The second-order valence-electron chi connectivity index (χ2n) is 7.15. The molecule has 1 nitrogen and oxygen atoms in total. The fourth-order valence-corrected chi connectivity index (χ4v) is 9.00. The Bertz CT molecular complexity index is 813. The van der Waals surface area contributed by atoms with Gasteiger partial charge in [0.05, 0.1) is 0 Å². The number of hydrogen-bond acceptors (Lipinski definition) is 1. The van der Waals surface area contributed by atoms with Gasteiger partial charge in [-0.3, -0.25) is 0 Å². The van der Waals surface area contributed by atoms with E-state index in [-0.39, 0.29) is 0 Å². The summed E-state index contributed by atoms with van der Waals surface area (Å²) in [6.45, 7) is 4.51. The molecule has 2 aromatic carbocycles. The van der Waals surface area contributed by atoms with Gasteiger partial charge < -0.3 is 0 Å². The van der Waals surface area contributed by atoms with Gasteiger partial charge in [0, 0.05) is 0 Å². The van der Waals surface area contributed by atoms with Crippen molar-refractivity contribution < 1.29 is 0 Å². The van der Waals surface area contributed by atoms with Crippen LogP contribution in [0.4, 0.5) is 0 Å². The predicted molar refractivity (Wildman–Crippen MR) is 96.3 cm³/mol. The SMILES string of the molecule is CC(C)c1cccc2[c]([Sn]([CH3])([CH3])[CH3])c3ccccc3nc12. The third-order valence-electron chi connectivity index (χ3n) is 4.11. The molecular formula is C19H23NSn. The standard InChI is InChI=1S/C16H14N.3CH3.Sn/c1-11(2)14-8-5-7-13-10-12-6-3-4-9-15(12)17-16(13)14;;;;/h3-9,11H,1-2H3;3*1H3;. The number of pyridine rings is 1. The Labute approximate surface area is 131 Å². The molecular weight excluding hydrogens is 361 g/mol. The summed E-state index contributed by atoms with van der Waals surface area (Å²) < 4.78 is 1.62. The van der Waals surface area contributed by atoms with E-state index in [1.165, 1.54) is 21.9 Å². The van der Waals surface area contributed by atoms with Crippen LogP contribution in [-0.4, -0.2) is 23.4 Å². The van der Waals surface area contributed by atoms with E-state index in [2.05, 4.69) is 71.1 Å².